The van der Waals surface area contributed by atoms with Gasteiger partial charge in [-0.15, -0.1) is 0 Å². The molecule has 3 unspecified atom stereocenters. The maximum absolute atomic E-state index is 13.4. The van der Waals surface area contributed by atoms with Crippen LogP contribution in [0.25, 0.3) is 0 Å². The molecular weight excluding hydrogens is 384 g/mol. The van der Waals surface area contributed by atoms with Gasteiger partial charge in [0, 0.05) is 6.54 Å². The number of nitrogens with one attached hydrogen (secondary N) is 1. The Bertz CT molecular complexity index is 822. The Labute approximate surface area is 177 Å². The fraction of sp³-hybridized carbons (Fsp3) is 0.652. The van der Waals surface area contributed by atoms with Crippen LogP contribution in [0.2, 0.25) is 0 Å². The third-order valence-electron chi connectivity index (χ3n) is 7.25. The highest BCUT2D eigenvalue weighted by atomic mass is 16.5. The van der Waals surface area contributed by atoms with E-state index in [1.165, 1.54) is 5.56 Å². The molecule has 7 nitrogen and oxygen atoms in total. The minimum atomic E-state index is -0.609. The second-order valence-corrected chi connectivity index (χ2v) is 9.10. The molecule has 3 atom stereocenters. The van der Waals surface area contributed by atoms with Crippen molar-refractivity contribution in [1.29, 1.82) is 0 Å². The summed E-state index contributed by atoms with van der Waals surface area (Å²) in [5, 5.41) is 3.13. The summed E-state index contributed by atoms with van der Waals surface area (Å²) in [5.41, 5.74) is 0.609. The van der Waals surface area contributed by atoms with Gasteiger partial charge in [0.25, 0.3) is 5.91 Å². The average molecular weight is 415 g/mol. The summed E-state index contributed by atoms with van der Waals surface area (Å²) in [6.45, 7) is 3.25. The van der Waals surface area contributed by atoms with Gasteiger partial charge >= 0.3 is 0 Å². The minimum absolute atomic E-state index is 0.0679. The molecule has 6 rings (SSSR count). The molecule has 1 N–H and O–H groups in total. The first kappa shape index (κ1) is 19.8. The molecule has 0 aromatic heterocycles. The second kappa shape index (κ2) is 7.85. The van der Waals surface area contributed by atoms with Gasteiger partial charge in [0.15, 0.2) is 6.10 Å². The van der Waals surface area contributed by atoms with E-state index in [2.05, 4.69) is 11.4 Å². The lowest BCUT2D eigenvalue weighted by atomic mass is 9.82. The Morgan fingerprint density at radius 1 is 1.13 bits per heavy atom. The highest BCUT2D eigenvalue weighted by Gasteiger charge is 2.53. The highest BCUT2D eigenvalue weighted by Crippen LogP contribution is 2.40. The van der Waals surface area contributed by atoms with E-state index in [-0.39, 0.29) is 30.6 Å². The molecule has 4 aliphatic heterocycles. The molecule has 7 heteroatoms. The molecular formula is C23H30N2O5. The van der Waals surface area contributed by atoms with Crippen LogP contribution in [0.1, 0.15) is 50.5 Å². The molecule has 2 saturated heterocycles. The Morgan fingerprint density at radius 3 is 2.73 bits per heavy atom. The molecule has 1 saturated carbocycles. The van der Waals surface area contributed by atoms with Crippen LogP contribution in [-0.2, 0) is 19.1 Å². The lowest BCUT2D eigenvalue weighted by Crippen LogP contribution is -2.65. The van der Waals surface area contributed by atoms with Gasteiger partial charge in [-0.25, -0.2) is 0 Å². The Morgan fingerprint density at radius 2 is 1.93 bits per heavy atom. The quantitative estimate of drug-likeness (QED) is 0.703. The largest absolute Gasteiger partial charge is 0.481 e. The number of fused-ring (bicyclic) bond motifs is 5. The van der Waals surface area contributed by atoms with Gasteiger partial charge in [0.1, 0.15) is 12.4 Å². The van der Waals surface area contributed by atoms with E-state index < -0.39 is 11.6 Å². The van der Waals surface area contributed by atoms with Gasteiger partial charge in [0.05, 0.1) is 30.9 Å². The highest BCUT2D eigenvalue weighted by molar-refractivity contribution is 5.83. The summed E-state index contributed by atoms with van der Waals surface area (Å²) in [5.74, 6) is 1.04. The summed E-state index contributed by atoms with van der Waals surface area (Å²) in [6, 6.07) is 7.85. The van der Waals surface area contributed by atoms with E-state index in [1.54, 1.807) is 0 Å². The zero-order valence-corrected chi connectivity index (χ0v) is 17.5. The Balaban J connectivity index is 1.48. The number of nitrogens with zero attached hydrogens (tertiary/aromatic N) is 1. The monoisotopic (exact) mass is 414 g/mol. The molecule has 1 spiro atoms. The summed E-state index contributed by atoms with van der Waals surface area (Å²) in [7, 11) is 0. The van der Waals surface area contributed by atoms with Crippen molar-refractivity contribution < 1.29 is 23.8 Å². The van der Waals surface area contributed by atoms with Crippen LogP contribution in [0.4, 0.5) is 0 Å². The Kier molecular flexibility index (Phi) is 5.19. The van der Waals surface area contributed by atoms with Gasteiger partial charge in [-0.3, -0.25) is 9.59 Å². The summed E-state index contributed by atoms with van der Waals surface area (Å²) >= 11 is 0. The van der Waals surface area contributed by atoms with Gasteiger partial charge < -0.3 is 24.4 Å². The summed E-state index contributed by atoms with van der Waals surface area (Å²) in [6.07, 6.45) is 4.31. The van der Waals surface area contributed by atoms with Gasteiger partial charge in [-0.1, -0.05) is 18.2 Å². The SMILES string of the molecule is CC1Oc2ccccc2C2CCC(CC2)OCC2N(CCC23COCC(=O)N3)C1=O. The van der Waals surface area contributed by atoms with Crippen LogP contribution in [0, 0.1) is 0 Å². The topological polar surface area (TPSA) is 77.1 Å². The van der Waals surface area contributed by atoms with Crippen molar-refractivity contribution in [2.75, 3.05) is 26.4 Å². The van der Waals surface area contributed by atoms with Crippen LogP contribution >= 0.6 is 0 Å². The lowest BCUT2D eigenvalue weighted by molar-refractivity contribution is -0.146. The average Bonchev–Trinajstić information content (AvgIpc) is 3.09. The number of amides is 2. The fourth-order valence-corrected chi connectivity index (χ4v) is 5.61. The van der Waals surface area contributed by atoms with Crippen LogP contribution in [0.3, 0.4) is 0 Å². The predicted molar refractivity (Wildman–Crippen MR) is 109 cm³/mol. The molecule has 5 aliphatic rings. The third-order valence-corrected chi connectivity index (χ3v) is 7.25. The number of hydrogen-bond donors (Lipinski definition) is 1. The first-order valence-electron chi connectivity index (χ1n) is 11.1. The summed E-state index contributed by atoms with van der Waals surface area (Å²) in [4.78, 5) is 27.4. The smallest absolute Gasteiger partial charge is 0.263 e. The number of hydrogen-bond acceptors (Lipinski definition) is 5. The molecule has 0 radical (unpaired) electrons. The molecule has 3 fully saturated rings. The zero-order chi connectivity index (χ0) is 20.7. The molecule has 1 aromatic rings. The maximum atomic E-state index is 13.4. The number of morpholine rings is 1. The van der Waals surface area contributed by atoms with E-state index in [1.807, 2.05) is 30.0 Å². The predicted octanol–water partition coefficient (Wildman–Crippen LogP) is 2.00. The molecule has 1 aliphatic carbocycles. The minimum Gasteiger partial charge on any atom is -0.481 e. The fourth-order valence-electron chi connectivity index (χ4n) is 5.61. The van der Waals surface area contributed by atoms with E-state index in [0.717, 1.165) is 31.4 Å². The second-order valence-electron chi connectivity index (χ2n) is 9.10. The molecule has 162 valence electrons. The van der Waals surface area contributed by atoms with Crippen LogP contribution in [0.5, 0.6) is 5.75 Å². The number of carbonyl (C=O) groups excluding carboxylic acids is 2. The molecule has 1 aromatic carbocycles. The first-order valence-corrected chi connectivity index (χ1v) is 11.1. The van der Waals surface area contributed by atoms with E-state index in [9.17, 15) is 9.59 Å². The van der Waals surface area contributed by atoms with Gasteiger partial charge in [-0.2, -0.15) is 0 Å². The van der Waals surface area contributed by atoms with Crippen molar-refractivity contribution in [2.24, 2.45) is 0 Å². The van der Waals surface area contributed by atoms with Crippen molar-refractivity contribution in [2.45, 2.75) is 68.7 Å². The van der Waals surface area contributed by atoms with Crippen molar-refractivity contribution in [3.8, 4) is 5.75 Å². The molecule has 2 amide bonds. The van der Waals surface area contributed by atoms with Crippen molar-refractivity contribution in [3.63, 3.8) is 0 Å². The van der Waals surface area contributed by atoms with Crippen LogP contribution in [0.15, 0.2) is 24.3 Å². The number of carbonyl (C=O) groups is 2. The number of benzene rings is 1. The normalized spacial score (nSPS) is 36.8. The van der Waals surface area contributed by atoms with Gasteiger partial charge in [-0.05, 0) is 56.6 Å². The molecule has 4 heterocycles. The lowest BCUT2D eigenvalue weighted by Gasteiger charge is -2.41. The van der Waals surface area contributed by atoms with Crippen molar-refractivity contribution >= 4 is 11.8 Å². The number of ether oxygens (including phenoxy) is 3. The van der Waals surface area contributed by atoms with E-state index in [0.29, 0.717) is 32.1 Å². The first-order chi connectivity index (χ1) is 14.6. The maximum Gasteiger partial charge on any atom is 0.263 e. The van der Waals surface area contributed by atoms with Crippen LogP contribution < -0.4 is 10.1 Å². The third kappa shape index (κ3) is 3.48. The standard InChI is InChI=1S/C23H30N2O5/c1-15-22(27)25-11-10-23(14-28-13-21(26)24-23)20(25)12-29-17-8-6-16(7-9-17)18-4-2-3-5-19(18)30-15/h2-5,15-17,20H,6-14H2,1H3,(H,24,26). The summed E-state index contributed by atoms with van der Waals surface area (Å²) < 4.78 is 18.2. The Hall–Kier alpha value is -2.12. The van der Waals surface area contributed by atoms with E-state index in [4.69, 9.17) is 14.2 Å². The van der Waals surface area contributed by atoms with Gasteiger partial charge in [0.2, 0.25) is 5.91 Å². The number of para-hydroxylation sites is 1. The molecule has 30 heavy (non-hydrogen) atoms. The van der Waals surface area contributed by atoms with Crippen molar-refractivity contribution in [3.05, 3.63) is 29.8 Å². The van der Waals surface area contributed by atoms with E-state index >= 15 is 0 Å². The van der Waals surface area contributed by atoms with Crippen LogP contribution in [-0.4, -0.2) is 66.9 Å². The zero-order valence-electron chi connectivity index (χ0n) is 17.5. The van der Waals surface area contributed by atoms with Crippen molar-refractivity contribution in [1.82, 2.24) is 10.2 Å². The number of rotatable bonds is 0. The molecule has 2 bridgehead atoms.